The smallest absolute Gasteiger partial charge is 0.331 e. The van der Waals surface area contributed by atoms with Crippen LogP contribution in [0.15, 0.2) is 0 Å². The summed E-state index contributed by atoms with van der Waals surface area (Å²) in [5.74, 6) is -0.419. The topological polar surface area (TPSA) is 80.9 Å². The van der Waals surface area contributed by atoms with Gasteiger partial charge >= 0.3 is 5.97 Å². The summed E-state index contributed by atoms with van der Waals surface area (Å²) in [6, 6.07) is 0. The summed E-state index contributed by atoms with van der Waals surface area (Å²) >= 11 is 0. The number of carbonyl (C=O) groups is 1. The summed E-state index contributed by atoms with van der Waals surface area (Å²) in [6.45, 7) is 5.06. The maximum Gasteiger partial charge on any atom is 0.331 e. The minimum absolute atomic E-state index is 0.439. The van der Waals surface area contributed by atoms with E-state index in [9.17, 15) is 4.79 Å². The Morgan fingerprint density at radius 3 is 2.62 bits per heavy atom. The second kappa shape index (κ2) is 3.12. The number of rotatable bonds is 3. The Balaban J connectivity index is 3.17. The fraction of sp³-hybridized carbons (Fsp3) is 0.714. The molecule has 0 radical (unpaired) electrons. The minimum atomic E-state index is -1.05. The average Bonchev–Trinajstić information content (AvgIpc) is 2.50. The molecular weight excluding hydrogens is 172 g/mol. The number of carboxylic acid groups (broad SMARTS) is 1. The van der Waals surface area contributed by atoms with Crippen LogP contribution in [0.2, 0.25) is 0 Å². The second-order valence-corrected chi connectivity index (χ2v) is 3.07. The lowest BCUT2D eigenvalue weighted by atomic mass is 10.00. The SMILES string of the molecule is CCC(C)(C(=O)O)n1nnnc1C. The van der Waals surface area contributed by atoms with Gasteiger partial charge in [0.05, 0.1) is 0 Å². The van der Waals surface area contributed by atoms with Crippen molar-refractivity contribution in [1.29, 1.82) is 0 Å². The van der Waals surface area contributed by atoms with Gasteiger partial charge in [-0.1, -0.05) is 6.92 Å². The fourth-order valence-corrected chi connectivity index (χ4v) is 1.08. The van der Waals surface area contributed by atoms with Crippen LogP contribution in [-0.4, -0.2) is 31.3 Å². The van der Waals surface area contributed by atoms with Crippen LogP contribution in [0.4, 0.5) is 0 Å². The molecule has 0 saturated carbocycles. The highest BCUT2D eigenvalue weighted by Gasteiger charge is 2.35. The number of carboxylic acids is 1. The first kappa shape index (κ1) is 9.63. The van der Waals surface area contributed by atoms with E-state index in [4.69, 9.17) is 5.11 Å². The Bertz CT molecular complexity index is 322. The first-order valence-electron chi connectivity index (χ1n) is 4.01. The van der Waals surface area contributed by atoms with Crippen molar-refractivity contribution in [2.45, 2.75) is 32.7 Å². The van der Waals surface area contributed by atoms with Gasteiger partial charge in [-0.05, 0) is 30.7 Å². The molecule has 0 aliphatic rings. The Morgan fingerprint density at radius 1 is 1.69 bits per heavy atom. The van der Waals surface area contributed by atoms with Gasteiger partial charge in [-0.15, -0.1) is 5.10 Å². The molecule has 0 amide bonds. The highest BCUT2D eigenvalue weighted by atomic mass is 16.4. The number of aliphatic carboxylic acids is 1. The van der Waals surface area contributed by atoms with Gasteiger partial charge in [0, 0.05) is 0 Å². The highest BCUT2D eigenvalue weighted by Crippen LogP contribution is 2.19. The standard InChI is InChI=1S/C7H12N4O2/c1-4-7(3,6(12)13)11-5(2)8-9-10-11/h4H2,1-3H3,(H,12,13). The predicted molar refractivity (Wildman–Crippen MR) is 44.1 cm³/mol. The van der Waals surface area contributed by atoms with Crippen molar-refractivity contribution in [3.05, 3.63) is 5.82 Å². The first-order valence-corrected chi connectivity index (χ1v) is 4.01. The third-order valence-corrected chi connectivity index (χ3v) is 2.24. The molecule has 1 heterocycles. The van der Waals surface area contributed by atoms with E-state index in [0.717, 1.165) is 0 Å². The van der Waals surface area contributed by atoms with Crippen molar-refractivity contribution in [2.24, 2.45) is 0 Å². The maximum absolute atomic E-state index is 11.0. The first-order chi connectivity index (χ1) is 6.02. The largest absolute Gasteiger partial charge is 0.479 e. The summed E-state index contributed by atoms with van der Waals surface area (Å²) in [5.41, 5.74) is -1.05. The van der Waals surface area contributed by atoms with Gasteiger partial charge in [0.2, 0.25) is 0 Å². The van der Waals surface area contributed by atoms with Gasteiger partial charge in [0.15, 0.2) is 5.54 Å². The van der Waals surface area contributed by atoms with Crippen molar-refractivity contribution in [1.82, 2.24) is 20.2 Å². The van der Waals surface area contributed by atoms with Gasteiger partial charge in [0.25, 0.3) is 0 Å². The number of tetrazole rings is 1. The quantitative estimate of drug-likeness (QED) is 0.725. The Hall–Kier alpha value is -1.46. The van der Waals surface area contributed by atoms with Crippen molar-refractivity contribution < 1.29 is 9.90 Å². The molecule has 1 aromatic heterocycles. The van der Waals surface area contributed by atoms with Crippen molar-refractivity contribution >= 4 is 5.97 Å². The second-order valence-electron chi connectivity index (χ2n) is 3.07. The van der Waals surface area contributed by atoms with E-state index in [1.165, 1.54) is 4.68 Å². The van der Waals surface area contributed by atoms with Crippen LogP contribution in [0.25, 0.3) is 0 Å². The van der Waals surface area contributed by atoms with Gasteiger partial charge in [-0.3, -0.25) is 0 Å². The Morgan fingerprint density at radius 2 is 2.31 bits per heavy atom. The zero-order valence-corrected chi connectivity index (χ0v) is 7.85. The molecule has 0 spiro atoms. The molecule has 1 aromatic rings. The summed E-state index contributed by atoms with van der Waals surface area (Å²) in [6.07, 6.45) is 0.439. The van der Waals surface area contributed by atoms with Crippen LogP contribution >= 0.6 is 0 Å². The van der Waals surface area contributed by atoms with Crippen LogP contribution in [0, 0.1) is 6.92 Å². The molecule has 0 saturated heterocycles. The highest BCUT2D eigenvalue weighted by molar-refractivity contribution is 5.76. The third-order valence-electron chi connectivity index (χ3n) is 2.24. The number of hydrogen-bond donors (Lipinski definition) is 1. The monoisotopic (exact) mass is 184 g/mol. The Kier molecular flexibility index (Phi) is 2.31. The van der Waals surface area contributed by atoms with Gasteiger partial charge in [0.1, 0.15) is 5.82 Å². The zero-order chi connectivity index (χ0) is 10.1. The van der Waals surface area contributed by atoms with Gasteiger partial charge in [-0.25, -0.2) is 9.48 Å². The van der Waals surface area contributed by atoms with E-state index in [-0.39, 0.29) is 0 Å². The third kappa shape index (κ3) is 1.39. The number of aryl methyl sites for hydroxylation is 1. The lowest BCUT2D eigenvalue weighted by Crippen LogP contribution is -2.39. The van der Waals surface area contributed by atoms with E-state index >= 15 is 0 Å². The summed E-state index contributed by atoms with van der Waals surface area (Å²) in [7, 11) is 0. The van der Waals surface area contributed by atoms with Crippen molar-refractivity contribution in [2.75, 3.05) is 0 Å². The molecule has 0 aromatic carbocycles. The molecule has 0 aliphatic carbocycles. The number of hydrogen-bond acceptors (Lipinski definition) is 4. The molecule has 13 heavy (non-hydrogen) atoms. The predicted octanol–water partition coefficient (Wildman–Crippen LogP) is 0.191. The molecule has 6 heteroatoms. The number of nitrogens with zero attached hydrogens (tertiary/aromatic N) is 4. The lowest BCUT2D eigenvalue weighted by molar-refractivity contribution is -0.147. The molecule has 72 valence electrons. The molecule has 1 atom stereocenters. The van der Waals surface area contributed by atoms with E-state index in [0.29, 0.717) is 12.2 Å². The van der Waals surface area contributed by atoms with Gasteiger partial charge < -0.3 is 5.11 Å². The normalized spacial score (nSPS) is 15.3. The molecule has 0 bridgehead atoms. The van der Waals surface area contributed by atoms with Crippen LogP contribution < -0.4 is 0 Å². The van der Waals surface area contributed by atoms with Gasteiger partial charge in [-0.2, -0.15) is 0 Å². The van der Waals surface area contributed by atoms with Crippen molar-refractivity contribution in [3.63, 3.8) is 0 Å². The fourth-order valence-electron chi connectivity index (χ4n) is 1.08. The van der Waals surface area contributed by atoms with E-state index in [2.05, 4.69) is 15.5 Å². The number of aromatic nitrogens is 4. The van der Waals surface area contributed by atoms with Crippen LogP contribution in [0.1, 0.15) is 26.1 Å². The van der Waals surface area contributed by atoms with E-state index in [1.807, 2.05) is 0 Å². The minimum Gasteiger partial charge on any atom is -0.479 e. The van der Waals surface area contributed by atoms with Crippen LogP contribution in [0.5, 0.6) is 0 Å². The molecular formula is C7H12N4O2. The Labute approximate surface area is 75.6 Å². The van der Waals surface area contributed by atoms with E-state index < -0.39 is 11.5 Å². The molecule has 0 aliphatic heterocycles. The molecule has 1 N–H and O–H groups in total. The van der Waals surface area contributed by atoms with Crippen LogP contribution in [0.3, 0.4) is 0 Å². The average molecular weight is 184 g/mol. The molecule has 1 rings (SSSR count). The molecule has 1 unspecified atom stereocenters. The van der Waals surface area contributed by atoms with E-state index in [1.54, 1.807) is 20.8 Å². The maximum atomic E-state index is 11.0. The lowest BCUT2D eigenvalue weighted by Gasteiger charge is -2.23. The summed E-state index contributed by atoms with van der Waals surface area (Å²) in [5, 5.41) is 19.7. The summed E-state index contributed by atoms with van der Waals surface area (Å²) in [4.78, 5) is 11.0. The van der Waals surface area contributed by atoms with Crippen molar-refractivity contribution in [3.8, 4) is 0 Å². The van der Waals surface area contributed by atoms with Crippen LogP contribution in [-0.2, 0) is 10.3 Å². The molecule has 6 nitrogen and oxygen atoms in total. The molecule has 0 fully saturated rings. The summed E-state index contributed by atoms with van der Waals surface area (Å²) < 4.78 is 1.33. The zero-order valence-electron chi connectivity index (χ0n) is 7.85.